The summed E-state index contributed by atoms with van der Waals surface area (Å²) in [5, 5.41) is 20.9. The highest BCUT2D eigenvalue weighted by Crippen LogP contribution is 2.36. The Balaban J connectivity index is 2.24. The molecule has 3 rings (SSSR count). The highest BCUT2D eigenvalue weighted by atomic mass is 16.6. The number of nitrogens with two attached hydrogens (primary N) is 1. The van der Waals surface area contributed by atoms with Gasteiger partial charge in [0, 0.05) is 24.1 Å². The lowest BCUT2D eigenvalue weighted by molar-refractivity contribution is -0.383. The van der Waals surface area contributed by atoms with E-state index < -0.39 is 16.9 Å². The van der Waals surface area contributed by atoms with Gasteiger partial charge in [0.15, 0.2) is 0 Å². The van der Waals surface area contributed by atoms with E-state index in [1.54, 1.807) is 12.3 Å². The molecule has 122 valence electrons. The van der Waals surface area contributed by atoms with E-state index in [9.17, 15) is 14.9 Å². The lowest BCUT2D eigenvalue weighted by atomic mass is 9.96. The number of hydrogen-bond donors (Lipinski definition) is 3. The average molecular weight is 325 g/mol. The number of rotatable bonds is 5. The molecule has 7 heteroatoms. The van der Waals surface area contributed by atoms with Gasteiger partial charge in [0.2, 0.25) is 0 Å². The Morgan fingerprint density at radius 1 is 1.25 bits per heavy atom. The van der Waals surface area contributed by atoms with Crippen molar-refractivity contribution in [2.24, 2.45) is 5.73 Å². The third-order valence-corrected chi connectivity index (χ3v) is 3.93. The summed E-state index contributed by atoms with van der Waals surface area (Å²) < 4.78 is 0. The molecule has 1 heterocycles. The molecule has 3 aromatic rings. The number of aliphatic carboxylic acids is 1. The number of non-ortho nitro benzene ring substituents is 1. The standard InChI is InChI=1S/C17H15N3O4/c18-13(17(21)22)8-11-9-19-16-14(20(23)24)7-6-12(15(11)16)10-4-2-1-3-5-10/h1-7,9,13,19H,8,18H2,(H,21,22). The number of aromatic amines is 1. The fourth-order valence-electron chi connectivity index (χ4n) is 2.80. The highest BCUT2D eigenvalue weighted by molar-refractivity contribution is 6.02. The van der Waals surface area contributed by atoms with Crippen molar-refractivity contribution in [1.29, 1.82) is 0 Å². The molecule has 1 aromatic heterocycles. The van der Waals surface area contributed by atoms with Crippen LogP contribution >= 0.6 is 0 Å². The molecule has 0 radical (unpaired) electrons. The number of carboxylic acids is 1. The van der Waals surface area contributed by atoms with Crippen LogP contribution in [0.1, 0.15) is 5.56 Å². The van der Waals surface area contributed by atoms with Crippen molar-refractivity contribution in [2.75, 3.05) is 0 Å². The predicted molar refractivity (Wildman–Crippen MR) is 89.7 cm³/mol. The van der Waals surface area contributed by atoms with Crippen molar-refractivity contribution in [2.45, 2.75) is 12.5 Å². The van der Waals surface area contributed by atoms with E-state index in [1.165, 1.54) is 6.07 Å². The molecular formula is C17H15N3O4. The Kier molecular flexibility index (Phi) is 4.01. The smallest absolute Gasteiger partial charge is 0.320 e. The van der Waals surface area contributed by atoms with E-state index in [-0.39, 0.29) is 12.1 Å². The van der Waals surface area contributed by atoms with Crippen molar-refractivity contribution in [3.63, 3.8) is 0 Å². The molecule has 0 bridgehead atoms. The topological polar surface area (TPSA) is 122 Å². The monoisotopic (exact) mass is 325 g/mol. The zero-order valence-electron chi connectivity index (χ0n) is 12.6. The molecule has 0 fully saturated rings. The van der Waals surface area contributed by atoms with Crippen molar-refractivity contribution >= 4 is 22.6 Å². The second-order valence-electron chi connectivity index (χ2n) is 5.47. The molecule has 1 atom stereocenters. The molecule has 0 saturated heterocycles. The molecular weight excluding hydrogens is 310 g/mol. The minimum absolute atomic E-state index is 0.0557. The second kappa shape index (κ2) is 6.13. The average Bonchev–Trinajstić information content (AvgIpc) is 2.98. The summed E-state index contributed by atoms with van der Waals surface area (Å²) in [5.41, 5.74) is 8.28. The van der Waals surface area contributed by atoms with Crippen LogP contribution in [-0.4, -0.2) is 27.0 Å². The fraction of sp³-hybridized carbons (Fsp3) is 0.118. The van der Waals surface area contributed by atoms with Gasteiger partial charge in [-0.2, -0.15) is 0 Å². The van der Waals surface area contributed by atoms with Crippen molar-refractivity contribution in [1.82, 2.24) is 4.98 Å². The van der Waals surface area contributed by atoms with Gasteiger partial charge in [-0.05, 0) is 22.8 Å². The Hall–Kier alpha value is -3.19. The van der Waals surface area contributed by atoms with Gasteiger partial charge in [0.25, 0.3) is 5.69 Å². The van der Waals surface area contributed by atoms with E-state index in [2.05, 4.69) is 4.98 Å². The van der Waals surface area contributed by atoms with Crippen LogP contribution in [0.4, 0.5) is 5.69 Å². The van der Waals surface area contributed by atoms with Gasteiger partial charge in [-0.15, -0.1) is 0 Å². The third kappa shape index (κ3) is 2.72. The molecule has 4 N–H and O–H groups in total. The Morgan fingerprint density at radius 2 is 1.96 bits per heavy atom. The van der Waals surface area contributed by atoms with Gasteiger partial charge >= 0.3 is 5.97 Å². The highest BCUT2D eigenvalue weighted by Gasteiger charge is 2.22. The quantitative estimate of drug-likeness (QED) is 0.491. The number of fused-ring (bicyclic) bond motifs is 1. The lowest BCUT2D eigenvalue weighted by Gasteiger charge is -2.09. The maximum Gasteiger partial charge on any atom is 0.320 e. The minimum Gasteiger partial charge on any atom is -0.480 e. The first-order valence-electron chi connectivity index (χ1n) is 7.30. The summed E-state index contributed by atoms with van der Waals surface area (Å²) in [4.78, 5) is 24.8. The summed E-state index contributed by atoms with van der Waals surface area (Å²) in [6.45, 7) is 0. The number of carbonyl (C=O) groups is 1. The van der Waals surface area contributed by atoms with E-state index in [0.717, 1.165) is 11.1 Å². The number of aromatic nitrogens is 1. The largest absolute Gasteiger partial charge is 0.480 e. The van der Waals surface area contributed by atoms with Crippen molar-refractivity contribution in [3.8, 4) is 11.1 Å². The van der Waals surface area contributed by atoms with Crippen LogP contribution in [0.3, 0.4) is 0 Å². The van der Waals surface area contributed by atoms with Crippen molar-refractivity contribution < 1.29 is 14.8 Å². The second-order valence-corrected chi connectivity index (χ2v) is 5.47. The van der Waals surface area contributed by atoms with Crippen LogP contribution in [0.25, 0.3) is 22.0 Å². The minimum atomic E-state index is -1.11. The van der Waals surface area contributed by atoms with E-state index in [4.69, 9.17) is 10.8 Å². The molecule has 7 nitrogen and oxygen atoms in total. The number of H-pyrrole nitrogens is 1. The van der Waals surface area contributed by atoms with Gasteiger partial charge in [-0.3, -0.25) is 14.9 Å². The van der Waals surface area contributed by atoms with Crippen LogP contribution in [0, 0.1) is 10.1 Å². The summed E-state index contributed by atoms with van der Waals surface area (Å²) >= 11 is 0. The maximum absolute atomic E-state index is 11.3. The molecule has 0 spiro atoms. The van der Waals surface area contributed by atoms with Gasteiger partial charge < -0.3 is 15.8 Å². The van der Waals surface area contributed by atoms with Gasteiger partial charge in [-0.1, -0.05) is 30.3 Å². The van der Waals surface area contributed by atoms with E-state index >= 15 is 0 Å². The SMILES string of the molecule is NC(Cc1c[nH]c2c([N+](=O)[O-])ccc(-c3ccccc3)c12)C(=O)O. The van der Waals surface area contributed by atoms with Crippen molar-refractivity contribution in [3.05, 3.63) is 64.3 Å². The molecule has 2 aromatic carbocycles. The number of nitro benzene ring substituents is 1. The molecule has 0 aliphatic heterocycles. The van der Waals surface area contributed by atoms with Gasteiger partial charge in [-0.25, -0.2) is 0 Å². The number of benzene rings is 2. The molecule has 1 unspecified atom stereocenters. The van der Waals surface area contributed by atoms with Crippen LogP contribution in [-0.2, 0) is 11.2 Å². The first kappa shape index (κ1) is 15.7. The predicted octanol–water partition coefficient (Wildman–Crippen LogP) is 2.70. The van der Waals surface area contributed by atoms with E-state index in [0.29, 0.717) is 16.5 Å². The first-order valence-corrected chi connectivity index (χ1v) is 7.30. The molecule has 0 saturated carbocycles. The number of hydrogen-bond acceptors (Lipinski definition) is 4. The maximum atomic E-state index is 11.3. The zero-order valence-corrected chi connectivity index (χ0v) is 12.6. The Bertz CT molecular complexity index is 918. The number of nitrogens with zero attached hydrogens (tertiary/aromatic N) is 1. The van der Waals surface area contributed by atoms with Crippen LogP contribution in [0.15, 0.2) is 48.7 Å². The first-order chi connectivity index (χ1) is 11.5. The van der Waals surface area contributed by atoms with Crippen LogP contribution < -0.4 is 5.73 Å². The van der Waals surface area contributed by atoms with Crippen LogP contribution in [0.5, 0.6) is 0 Å². The fourth-order valence-corrected chi connectivity index (χ4v) is 2.80. The molecule has 0 aliphatic carbocycles. The number of carboxylic acid groups (broad SMARTS) is 1. The summed E-state index contributed by atoms with van der Waals surface area (Å²) in [5.74, 6) is -1.11. The van der Waals surface area contributed by atoms with Gasteiger partial charge in [0.1, 0.15) is 11.6 Å². The molecule has 24 heavy (non-hydrogen) atoms. The number of nitro groups is 1. The number of nitrogens with one attached hydrogen (secondary N) is 1. The zero-order chi connectivity index (χ0) is 17.3. The summed E-state index contributed by atoms with van der Waals surface area (Å²) in [6.07, 6.45) is 1.67. The summed E-state index contributed by atoms with van der Waals surface area (Å²) in [7, 11) is 0. The van der Waals surface area contributed by atoms with E-state index in [1.807, 2.05) is 30.3 Å². The third-order valence-electron chi connectivity index (χ3n) is 3.93. The normalized spacial score (nSPS) is 12.2. The van der Waals surface area contributed by atoms with Gasteiger partial charge in [0.05, 0.1) is 4.92 Å². The Morgan fingerprint density at radius 3 is 2.58 bits per heavy atom. The molecule has 0 aliphatic rings. The Labute approximate surface area is 136 Å². The molecule has 0 amide bonds. The van der Waals surface area contributed by atoms with Crippen LogP contribution in [0.2, 0.25) is 0 Å². The summed E-state index contributed by atoms with van der Waals surface area (Å²) in [6, 6.07) is 11.5. The lowest BCUT2D eigenvalue weighted by Crippen LogP contribution is -2.32.